The molecule has 10 heteroatoms. The first-order valence-electron chi connectivity index (χ1n) is 14.7. The van der Waals surface area contributed by atoms with Gasteiger partial charge in [0.25, 0.3) is 0 Å². The molecule has 1 aliphatic heterocycles. The van der Waals surface area contributed by atoms with E-state index in [1.165, 1.54) is 13.3 Å². The summed E-state index contributed by atoms with van der Waals surface area (Å²) >= 11 is 0. The van der Waals surface area contributed by atoms with Gasteiger partial charge in [-0.3, -0.25) is 9.59 Å². The lowest BCUT2D eigenvalue weighted by atomic mass is 9.43. The van der Waals surface area contributed by atoms with E-state index in [2.05, 4.69) is 41.4 Å². The van der Waals surface area contributed by atoms with Gasteiger partial charge in [0.05, 0.1) is 11.7 Å². The molecular weight excluding hydrogens is 481 g/mol. The van der Waals surface area contributed by atoms with Gasteiger partial charge in [-0.1, -0.05) is 25.4 Å². The zero-order valence-electron chi connectivity index (χ0n) is 24.3. The molecule has 6 aliphatic rings. The van der Waals surface area contributed by atoms with E-state index in [0.717, 1.165) is 38.4 Å². The van der Waals surface area contributed by atoms with Gasteiger partial charge in [0.2, 0.25) is 11.8 Å². The third-order valence-corrected chi connectivity index (χ3v) is 10.9. The van der Waals surface area contributed by atoms with E-state index < -0.39 is 11.1 Å². The summed E-state index contributed by atoms with van der Waals surface area (Å²) in [4.78, 5) is 29.4. The number of azide groups is 1. The fourth-order valence-electron chi connectivity index (χ4n) is 9.22. The fourth-order valence-corrected chi connectivity index (χ4v) is 9.22. The Hall–Kier alpha value is -1.77. The van der Waals surface area contributed by atoms with Gasteiger partial charge < -0.3 is 19.9 Å². The summed E-state index contributed by atoms with van der Waals surface area (Å²) in [5, 5.41) is 10.3. The van der Waals surface area contributed by atoms with Crippen LogP contribution in [0.5, 0.6) is 0 Å². The molecule has 38 heavy (non-hydrogen) atoms. The minimum absolute atomic E-state index is 0.0383. The minimum atomic E-state index is -0.960. The Morgan fingerprint density at radius 2 is 1.89 bits per heavy atom. The first-order valence-corrected chi connectivity index (χ1v) is 14.7. The van der Waals surface area contributed by atoms with Crippen molar-refractivity contribution in [1.82, 2.24) is 10.6 Å². The van der Waals surface area contributed by atoms with E-state index in [1.54, 1.807) is 0 Å². The highest BCUT2D eigenvalue weighted by Crippen LogP contribution is 2.66. The maximum absolute atomic E-state index is 13.8. The Bertz CT molecular complexity index is 1030. The Labute approximate surface area is 227 Å². The molecular formula is C28H46BN5O4. The summed E-state index contributed by atoms with van der Waals surface area (Å²) in [6.45, 7) is 14.4. The number of carbonyl (C=O) groups excluding carboxylic acids is 2. The number of carbonyl (C=O) groups is 2. The number of hydrogen-bond acceptors (Lipinski definition) is 5. The molecule has 9 nitrogen and oxygen atoms in total. The first kappa shape index (κ1) is 27.8. The monoisotopic (exact) mass is 527 g/mol. The smallest absolute Gasteiger partial charge is 0.405 e. The quantitative estimate of drug-likeness (QED) is 0.209. The molecule has 9 atom stereocenters. The molecule has 5 aliphatic carbocycles. The third-order valence-electron chi connectivity index (χ3n) is 10.9. The van der Waals surface area contributed by atoms with Crippen molar-refractivity contribution in [2.45, 2.75) is 129 Å². The number of rotatable bonds is 7. The van der Waals surface area contributed by atoms with E-state index in [4.69, 9.17) is 14.8 Å². The maximum Gasteiger partial charge on any atom is 0.457 e. The zero-order valence-corrected chi connectivity index (χ0v) is 24.3. The molecule has 0 radical (unpaired) electrons. The summed E-state index contributed by atoms with van der Waals surface area (Å²) in [5.41, 5.74) is 7.75. The van der Waals surface area contributed by atoms with E-state index in [1.807, 2.05) is 20.8 Å². The summed E-state index contributed by atoms with van der Waals surface area (Å²) in [5.74, 6) is 1.38. The van der Waals surface area contributed by atoms with Gasteiger partial charge in [0.15, 0.2) is 0 Å². The first-order chi connectivity index (χ1) is 17.7. The van der Waals surface area contributed by atoms with E-state index in [-0.39, 0.29) is 54.4 Å². The Kier molecular flexibility index (Phi) is 6.88. The standard InChI is InChI=1S/C28H46BN5O4/c1-16(35)31-28(24(36)32-25(2,3)4)15-17-11-19(33-34-30)14-20(17)21(28)9-8-10-29-37-23-13-18-12-22(26(18,5)6)27(23,7)38-29/h17-23H,8-15H2,1-7H3,(H,31,35)(H,32,36)/t17-,18+,19?,20-,21+,22+,23-,27+,28+/m1/s1. The maximum atomic E-state index is 13.8. The average molecular weight is 528 g/mol. The van der Waals surface area contributed by atoms with Crippen LogP contribution in [0.2, 0.25) is 6.32 Å². The van der Waals surface area contributed by atoms with Crippen LogP contribution >= 0.6 is 0 Å². The minimum Gasteiger partial charge on any atom is -0.405 e. The highest BCUT2D eigenvalue weighted by molar-refractivity contribution is 6.45. The summed E-state index contributed by atoms with van der Waals surface area (Å²) in [6.07, 6.45) is 6.97. The second kappa shape index (κ2) is 9.41. The van der Waals surface area contributed by atoms with Crippen molar-refractivity contribution < 1.29 is 18.9 Å². The molecule has 0 aromatic carbocycles. The normalized spacial score (nSPS) is 42.5. The summed E-state index contributed by atoms with van der Waals surface area (Å²) in [6, 6.07) is -0.0436. The Morgan fingerprint density at radius 3 is 2.53 bits per heavy atom. The largest absolute Gasteiger partial charge is 0.457 e. The van der Waals surface area contributed by atoms with Crippen molar-refractivity contribution in [3.8, 4) is 0 Å². The highest BCUT2D eigenvalue weighted by atomic mass is 16.7. The van der Waals surface area contributed by atoms with Crippen LogP contribution in [0.25, 0.3) is 10.4 Å². The lowest BCUT2D eigenvalue weighted by Crippen LogP contribution is -2.65. The molecule has 6 fully saturated rings. The van der Waals surface area contributed by atoms with Gasteiger partial charge in [-0.15, -0.1) is 0 Å². The number of hydrogen-bond donors (Lipinski definition) is 2. The Morgan fingerprint density at radius 1 is 1.16 bits per heavy atom. The molecule has 0 aromatic rings. The lowest BCUT2D eigenvalue weighted by molar-refractivity contribution is -0.199. The van der Waals surface area contributed by atoms with Crippen molar-refractivity contribution in [3.05, 3.63) is 10.4 Å². The predicted octanol–water partition coefficient (Wildman–Crippen LogP) is 5.01. The molecule has 0 spiro atoms. The van der Waals surface area contributed by atoms with Crippen LogP contribution in [0.1, 0.15) is 93.4 Å². The van der Waals surface area contributed by atoms with E-state index >= 15 is 0 Å². The molecule has 0 aromatic heterocycles. The molecule has 1 saturated heterocycles. The van der Waals surface area contributed by atoms with Crippen molar-refractivity contribution in [1.29, 1.82) is 0 Å². The molecule has 2 N–H and O–H groups in total. The van der Waals surface area contributed by atoms with Gasteiger partial charge in [-0.25, -0.2) is 0 Å². The van der Waals surface area contributed by atoms with Crippen molar-refractivity contribution in [3.63, 3.8) is 0 Å². The topological polar surface area (TPSA) is 125 Å². The number of fused-ring (bicyclic) bond motifs is 1. The fraction of sp³-hybridized carbons (Fsp3) is 0.929. The van der Waals surface area contributed by atoms with Crippen LogP contribution in [0.3, 0.4) is 0 Å². The van der Waals surface area contributed by atoms with Gasteiger partial charge in [-0.2, -0.15) is 0 Å². The van der Waals surface area contributed by atoms with Gasteiger partial charge in [0, 0.05) is 23.4 Å². The van der Waals surface area contributed by atoms with E-state index in [0.29, 0.717) is 23.7 Å². The second-order valence-corrected chi connectivity index (χ2v) is 14.8. The van der Waals surface area contributed by atoms with Crippen LogP contribution in [0.15, 0.2) is 5.11 Å². The van der Waals surface area contributed by atoms with Gasteiger partial charge in [-0.05, 0) is 113 Å². The second-order valence-electron chi connectivity index (χ2n) is 14.8. The average Bonchev–Trinajstić information content (AvgIpc) is 3.41. The van der Waals surface area contributed by atoms with Crippen molar-refractivity contribution in [2.24, 2.45) is 40.1 Å². The van der Waals surface area contributed by atoms with Crippen LogP contribution in [-0.2, 0) is 18.9 Å². The van der Waals surface area contributed by atoms with E-state index in [9.17, 15) is 9.59 Å². The summed E-state index contributed by atoms with van der Waals surface area (Å²) in [7, 11) is -0.226. The molecule has 210 valence electrons. The molecule has 2 bridgehead atoms. The number of nitrogens with one attached hydrogen (secondary N) is 2. The Balaban J connectivity index is 1.31. The highest BCUT2D eigenvalue weighted by Gasteiger charge is 2.68. The molecule has 1 unspecified atom stereocenters. The lowest BCUT2D eigenvalue weighted by Gasteiger charge is -2.64. The molecule has 5 saturated carbocycles. The van der Waals surface area contributed by atoms with Crippen LogP contribution in [0.4, 0.5) is 0 Å². The predicted molar refractivity (Wildman–Crippen MR) is 146 cm³/mol. The summed E-state index contributed by atoms with van der Waals surface area (Å²) < 4.78 is 13.1. The molecule has 2 amide bonds. The van der Waals surface area contributed by atoms with Crippen molar-refractivity contribution >= 4 is 18.9 Å². The van der Waals surface area contributed by atoms with Gasteiger partial charge >= 0.3 is 7.12 Å². The van der Waals surface area contributed by atoms with Crippen LogP contribution < -0.4 is 10.6 Å². The SMILES string of the molecule is CC(=O)N[C@@]1(C(=O)NC(C)(C)C)C[C@H]2CC(N=[N+]=[N-])C[C@H]2[C@@H]1CCCB1O[C@@H]2C[C@@H]3C[C@@H](C3(C)C)[C@]2(C)O1. The molecule has 6 rings (SSSR count). The van der Waals surface area contributed by atoms with Crippen LogP contribution in [0, 0.1) is 35.0 Å². The number of amides is 2. The molecule has 1 heterocycles. The van der Waals surface area contributed by atoms with Crippen molar-refractivity contribution in [2.75, 3.05) is 0 Å². The third kappa shape index (κ3) is 4.54. The van der Waals surface area contributed by atoms with Gasteiger partial charge in [0.1, 0.15) is 5.54 Å². The van der Waals surface area contributed by atoms with Crippen LogP contribution in [-0.4, -0.2) is 47.8 Å². The zero-order chi connectivity index (χ0) is 27.7. The number of nitrogens with zero attached hydrogens (tertiary/aromatic N) is 3.